The molecular formula is C29H25Cl2N3O5S. The lowest BCUT2D eigenvalue weighted by Crippen LogP contribution is -2.39. The number of halogens is 2. The summed E-state index contributed by atoms with van der Waals surface area (Å²) in [7, 11) is -2.58. The Bertz CT molecular complexity index is 1600. The molecule has 0 saturated carbocycles. The molecule has 4 aromatic rings. The van der Waals surface area contributed by atoms with Crippen LogP contribution < -0.4 is 19.2 Å². The SMILES string of the molecule is COc1cc(/C=N\NC(=O)CN(c2ccc(Cl)c(Cl)c2)S(=O)(=O)c2ccccc2)ccc1OCc1ccccc1. The van der Waals surface area contributed by atoms with Gasteiger partial charge in [0.1, 0.15) is 13.2 Å². The number of sulfonamides is 1. The minimum atomic E-state index is -4.11. The predicted octanol–water partition coefficient (Wildman–Crippen LogP) is 5.93. The average Bonchev–Trinajstić information content (AvgIpc) is 2.97. The van der Waals surface area contributed by atoms with Crippen LogP contribution in [0.25, 0.3) is 0 Å². The van der Waals surface area contributed by atoms with Gasteiger partial charge in [-0.1, -0.05) is 71.7 Å². The molecule has 0 aliphatic carbocycles. The molecule has 0 aromatic heterocycles. The quantitative estimate of drug-likeness (QED) is 0.171. The molecule has 0 radical (unpaired) electrons. The molecule has 0 aliphatic rings. The van der Waals surface area contributed by atoms with Gasteiger partial charge in [0, 0.05) is 0 Å². The number of hydrazone groups is 1. The lowest BCUT2D eigenvalue weighted by Gasteiger charge is -2.24. The number of methoxy groups -OCH3 is 1. The highest BCUT2D eigenvalue weighted by Gasteiger charge is 2.27. The summed E-state index contributed by atoms with van der Waals surface area (Å²) in [5.41, 5.74) is 4.19. The van der Waals surface area contributed by atoms with Crippen LogP contribution >= 0.6 is 23.2 Å². The molecule has 8 nitrogen and oxygen atoms in total. The lowest BCUT2D eigenvalue weighted by molar-refractivity contribution is -0.119. The summed E-state index contributed by atoms with van der Waals surface area (Å²) < 4.78 is 39.1. The molecule has 40 heavy (non-hydrogen) atoms. The molecule has 0 aliphatic heterocycles. The van der Waals surface area contributed by atoms with Gasteiger partial charge >= 0.3 is 0 Å². The second kappa shape index (κ2) is 13.3. The van der Waals surface area contributed by atoms with E-state index < -0.39 is 22.5 Å². The molecule has 0 atom stereocenters. The van der Waals surface area contributed by atoms with E-state index in [1.165, 1.54) is 43.7 Å². The Hall–Kier alpha value is -4.05. The third-order valence-electron chi connectivity index (χ3n) is 5.64. The predicted molar refractivity (Wildman–Crippen MR) is 157 cm³/mol. The minimum absolute atomic E-state index is 0.0130. The monoisotopic (exact) mass is 597 g/mol. The van der Waals surface area contributed by atoms with Gasteiger partial charge in [0.05, 0.1) is 34.0 Å². The first-order valence-corrected chi connectivity index (χ1v) is 14.2. The fourth-order valence-corrected chi connectivity index (χ4v) is 5.36. The summed E-state index contributed by atoms with van der Waals surface area (Å²) in [6.45, 7) is -0.177. The van der Waals surface area contributed by atoms with Gasteiger partial charge in [-0.2, -0.15) is 5.10 Å². The number of ether oxygens (including phenoxy) is 2. The van der Waals surface area contributed by atoms with E-state index in [1.807, 2.05) is 30.3 Å². The first kappa shape index (κ1) is 28.9. The van der Waals surface area contributed by atoms with Crippen molar-refractivity contribution < 1.29 is 22.7 Å². The van der Waals surface area contributed by atoms with Crippen LogP contribution in [0, 0.1) is 0 Å². The van der Waals surface area contributed by atoms with Crippen LogP contribution in [0.1, 0.15) is 11.1 Å². The topological polar surface area (TPSA) is 97.3 Å². The molecule has 4 aromatic carbocycles. The van der Waals surface area contributed by atoms with Gasteiger partial charge in [-0.25, -0.2) is 13.8 Å². The summed E-state index contributed by atoms with van der Waals surface area (Å²) in [5.74, 6) is 0.374. The highest BCUT2D eigenvalue weighted by molar-refractivity contribution is 7.92. The third-order valence-corrected chi connectivity index (χ3v) is 8.16. The number of hydrogen-bond acceptors (Lipinski definition) is 6. The number of amides is 1. The zero-order valence-electron chi connectivity index (χ0n) is 21.3. The van der Waals surface area contributed by atoms with Gasteiger partial charge in [-0.05, 0) is 59.7 Å². The Labute approximate surface area is 242 Å². The molecule has 11 heteroatoms. The summed E-state index contributed by atoms with van der Waals surface area (Å²) in [5, 5.41) is 4.39. The highest BCUT2D eigenvalue weighted by Crippen LogP contribution is 2.31. The Morgan fingerprint density at radius 1 is 0.900 bits per heavy atom. The van der Waals surface area contributed by atoms with Crippen LogP contribution in [0.3, 0.4) is 0 Å². The maximum Gasteiger partial charge on any atom is 0.264 e. The zero-order chi connectivity index (χ0) is 28.5. The maximum atomic E-state index is 13.4. The number of anilines is 1. The Morgan fingerprint density at radius 3 is 2.27 bits per heavy atom. The maximum absolute atomic E-state index is 13.4. The standard InChI is InChI=1S/C29H25Cl2N3O5S/c1-38-28-16-22(12-15-27(28)39-20-21-8-4-2-5-9-21)18-32-33-29(35)19-34(23-13-14-25(30)26(31)17-23)40(36,37)24-10-6-3-7-11-24/h2-18H,19-20H2,1H3,(H,33,35)/b32-18-. The summed E-state index contributed by atoms with van der Waals surface area (Å²) >= 11 is 12.1. The van der Waals surface area contributed by atoms with Crippen molar-refractivity contribution in [1.29, 1.82) is 0 Å². The van der Waals surface area contributed by atoms with Gasteiger partial charge < -0.3 is 9.47 Å². The smallest absolute Gasteiger partial charge is 0.264 e. The van der Waals surface area contributed by atoms with Gasteiger partial charge in [-0.15, -0.1) is 0 Å². The fraction of sp³-hybridized carbons (Fsp3) is 0.103. The van der Waals surface area contributed by atoms with Crippen molar-refractivity contribution in [3.8, 4) is 11.5 Å². The number of nitrogens with one attached hydrogen (secondary N) is 1. The van der Waals surface area contributed by atoms with E-state index in [1.54, 1.807) is 36.4 Å². The van der Waals surface area contributed by atoms with Gasteiger partial charge in [0.15, 0.2) is 11.5 Å². The Balaban J connectivity index is 1.47. The molecule has 4 rings (SSSR count). The van der Waals surface area contributed by atoms with E-state index in [2.05, 4.69) is 10.5 Å². The second-order valence-electron chi connectivity index (χ2n) is 8.40. The van der Waals surface area contributed by atoms with Crippen molar-refractivity contribution in [1.82, 2.24) is 5.43 Å². The normalized spacial score (nSPS) is 11.3. The molecule has 0 spiro atoms. The molecular weight excluding hydrogens is 573 g/mol. The average molecular weight is 599 g/mol. The zero-order valence-corrected chi connectivity index (χ0v) is 23.7. The summed E-state index contributed by atoms with van der Waals surface area (Å²) in [6, 6.07) is 27.0. The van der Waals surface area contributed by atoms with E-state index in [4.69, 9.17) is 32.7 Å². The highest BCUT2D eigenvalue weighted by atomic mass is 35.5. The number of hydrogen-bond donors (Lipinski definition) is 1. The molecule has 206 valence electrons. The van der Waals surface area contributed by atoms with E-state index in [9.17, 15) is 13.2 Å². The van der Waals surface area contributed by atoms with Crippen LogP contribution in [0.15, 0.2) is 107 Å². The Kier molecular flexibility index (Phi) is 9.65. The number of nitrogens with zero attached hydrogens (tertiary/aromatic N) is 2. The van der Waals surface area contributed by atoms with Crippen LogP contribution in [-0.2, 0) is 21.4 Å². The van der Waals surface area contributed by atoms with E-state index in [0.29, 0.717) is 23.7 Å². The van der Waals surface area contributed by atoms with Gasteiger partial charge in [0.2, 0.25) is 0 Å². The first-order chi connectivity index (χ1) is 19.3. The van der Waals surface area contributed by atoms with Crippen molar-refractivity contribution in [2.45, 2.75) is 11.5 Å². The van der Waals surface area contributed by atoms with E-state index in [0.717, 1.165) is 9.87 Å². The Morgan fingerprint density at radius 2 is 1.60 bits per heavy atom. The molecule has 0 fully saturated rings. The first-order valence-electron chi connectivity index (χ1n) is 12.0. The van der Waals surface area contributed by atoms with Crippen LogP contribution in [0.4, 0.5) is 5.69 Å². The van der Waals surface area contributed by atoms with Gasteiger partial charge in [-0.3, -0.25) is 9.10 Å². The van der Waals surface area contributed by atoms with Crippen LogP contribution in [0.2, 0.25) is 10.0 Å². The number of carbonyl (C=O) groups is 1. The van der Waals surface area contributed by atoms with Crippen molar-refractivity contribution in [3.05, 3.63) is 118 Å². The number of rotatable bonds is 11. The largest absolute Gasteiger partial charge is 0.493 e. The summed E-state index contributed by atoms with van der Waals surface area (Å²) in [4.78, 5) is 12.8. The van der Waals surface area contributed by atoms with E-state index in [-0.39, 0.29) is 20.6 Å². The van der Waals surface area contributed by atoms with Crippen LogP contribution in [-0.4, -0.2) is 34.2 Å². The number of benzene rings is 4. The molecule has 1 amide bonds. The number of carbonyl (C=O) groups excluding carboxylic acids is 1. The van der Waals surface area contributed by atoms with Crippen molar-refractivity contribution in [2.75, 3.05) is 18.0 Å². The molecule has 0 bridgehead atoms. The molecule has 0 heterocycles. The third kappa shape index (κ3) is 7.32. The summed E-state index contributed by atoms with van der Waals surface area (Å²) in [6.07, 6.45) is 1.41. The lowest BCUT2D eigenvalue weighted by atomic mass is 10.2. The van der Waals surface area contributed by atoms with Crippen molar-refractivity contribution in [3.63, 3.8) is 0 Å². The van der Waals surface area contributed by atoms with Crippen LogP contribution in [0.5, 0.6) is 11.5 Å². The molecule has 0 saturated heterocycles. The van der Waals surface area contributed by atoms with Crippen molar-refractivity contribution in [2.24, 2.45) is 5.10 Å². The van der Waals surface area contributed by atoms with Gasteiger partial charge in [0.25, 0.3) is 15.9 Å². The minimum Gasteiger partial charge on any atom is -0.493 e. The van der Waals surface area contributed by atoms with Crippen molar-refractivity contribution >= 4 is 51.0 Å². The molecule has 0 unspecified atom stereocenters. The molecule has 1 N–H and O–H groups in total. The second-order valence-corrected chi connectivity index (χ2v) is 11.1. The van der Waals surface area contributed by atoms with E-state index >= 15 is 0 Å². The fourth-order valence-electron chi connectivity index (χ4n) is 3.64.